The number of rotatable bonds is 9. The number of morpholine rings is 1. The van der Waals surface area contributed by atoms with Gasteiger partial charge in [0.15, 0.2) is 23.0 Å². The summed E-state index contributed by atoms with van der Waals surface area (Å²) in [7, 11) is 0. The second-order valence-electron chi connectivity index (χ2n) is 7.94. The Hall–Kier alpha value is -3.30. The van der Waals surface area contributed by atoms with Crippen molar-refractivity contribution in [2.75, 3.05) is 46.0 Å². The minimum Gasteiger partial charge on any atom is -0.504 e. The van der Waals surface area contributed by atoms with E-state index >= 15 is 0 Å². The lowest BCUT2D eigenvalue weighted by atomic mass is 9.94. The molecule has 1 fully saturated rings. The number of carbonyl (C=O) groups excluding carboxylic acids is 2. The minimum absolute atomic E-state index is 0.0355. The molecule has 1 amide bonds. The molecule has 1 aromatic heterocycles. The summed E-state index contributed by atoms with van der Waals surface area (Å²) in [5.41, 5.74) is 0.504. The predicted molar refractivity (Wildman–Crippen MR) is 118 cm³/mol. The van der Waals surface area contributed by atoms with E-state index in [-0.39, 0.29) is 22.8 Å². The predicted octanol–water partition coefficient (Wildman–Crippen LogP) is 2.68. The highest BCUT2D eigenvalue weighted by atomic mass is 16.5. The quantitative estimate of drug-likeness (QED) is 0.554. The van der Waals surface area contributed by atoms with Crippen LogP contribution in [0.2, 0.25) is 0 Å². The van der Waals surface area contributed by atoms with Crippen molar-refractivity contribution in [3.63, 3.8) is 0 Å². The van der Waals surface area contributed by atoms with Crippen molar-refractivity contribution in [2.45, 2.75) is 19.4 Å². The van der Waals surface area contributed by atoms with Crippen molar-refractivity contribution in [3.8, 4) is 11.5 Å². The number of aliphatic hydroxyl groups is 1. The summed E-state index contributed by atoms with van der Waals surface area (Å²) in [4.78, 5) is 30.0. The molecule has 0 spiro atoms. The van der Waals surface area contributed by atoms with Gasteiger partial charge in [-0.15, -0.1) is 0 Å². The van der Waals surface area contributed by atoms with E-state index in [9.17, 15) is 19.8 Å². The number of amides is 1. The summed E-state index contributed by atoms with van der Waals surface area (Å²) in [6.45, 7) is 6.26. The third-order valence-electron chi connectivity index (χ3n) is 5.87. The zero-order chi connectivity index (χ0) is 23.4. The number of aliphatic hydroxyl groups excluding tert-OH is 1. The average Bonchev–Trinajstić information content (AvgIpc) is 3.44. The number of benzene rings is 1. The lowest BCUT2D eigenvalue weighted by Crippen LogP contribution is -2.39. The Bertz CT molecular complexity index is 1030. The highest BCUT2D eigenvalue weighted by Gasteiger charge is 2.44. The van der Waals surface area contributed by atoms with Gasteiger partial charge < -0.3 is 29.0 Å². The number of carbonyl (C=O) groups is 2. The summed E-state index contributed by atoms with van der Waals surface area (Å²) < 4.78 is 16.1. The molecule has 2 N–H and O–H groups in total. The number of phenols is 1. The molecular weight excluding hydrogens is 428 g/mol. The van der Waals surface area contributed by atoms with Crippen LogP contribution >= 0.6 is 0 Å². The van der Waals surface area contributed by atoms with Gasteiger partial charge in [-0.2, -0.15) is 0 Å². The first-order valence-electron chi connectivity index (χ1n) is 11.1. The fourth-order valence-electron chi connectivity index (χ4n) is 4.26. The Morgan fingerprint density at radius 2 is 1.97 bits per heavy atom. The Kier molecular flexibility index (Phi) is 7.00. The van der Waals surface area contributed by atoms with Crippen LogP contribution in [0, 0.1) is 0 Å². The van der Waals surface area contributed by atoms with Gasteiger partial charge in [-0.05, 0) is 43.2 Å². The molecule has 3 heterocycles. The third-order valence-corrected chi connectivity index (χ3v) is 5.87. The maximum atomic E-state index is 13.2. The first-order valence-corrected chi connectivity index (χ1v) is 11.1. The highest BCUT2D eigenvalue weighted by molar-refractivity contribution is 6.15. The summed E-state index contributed by atoms with van der Waals surface area (Å²) in [5, 5.41) is 20.8. The number of hydrogen-bond donors (Lipinski definition) is 2. The van der Waals surface area contributed by atoms with E-state index in [1.165, 1.54) is 23.3 Å². The van der Waals surface area contributed by atoms with Gasteiger partial charge in [0.1, 0.15) is 0 Å². The standard InChI is InChI=1S/C24H28N2O7/c1-2-32-19-15-16(6-7-17(19)27)21-20(22(28)18-5-3-12-33-18)23(29)24(30)26(21)9-4-8-25-10-13-31-14-11-25/h3,5-7,12,15,21,27,29H,2,4,8-11,13-14H2,1H3/t21-/m1/s1. The van der Waals surface area contributed by atoms with E-state index in [4.69, 9.17) is 13.9 Å². The lowest BCUT2D eigenvalue weighted by molar-refractivity contribution is -0.129. The number of phenolic OH excluding ortho intramolecular Hbond substituents is 1. The van der Waals surface area contributed by atoms with E-state index in [1.54, 1.807) is 25.1 Å². The summed E-state index contributed by atoms with van der Waals surface area (Å²) in [6.07, 6.45) is 2.03. The second kappa shape index (κ2) is 10.1. The molecule has 2 aliphatic rings. The number of aromatic hydroxyl groups is 1. The van der Waals surface area contributed by atoms with Crippen molar-refractivity contribution in [2.24, 2.45) is 0 Å². The molecule has 1 saturated heterocycles. The molecule has 9 nitrogen and oxygen atoms in total. The molecule has 0 radical (unpaired) electrons. The number of Topliss-reactive ketones (excluding diaryl/α,β-unsaturated/α-hetero) is 1. The second-order valence-corrected chi connectivity index (χ2v) is 7.94. The van der Waals surface area contributed by atoms with Crippen LogP contribution in [0.1, 0.15) is 35.5 Å². The van der Waals surface area contributed by atoms with Gasteiger partial charge >= 0.3 is 0 Å². The maximum absolute atomic E-state index is 13.2. The normalized spacial score (nSPS) is 19.4. The van der Waals surface area contributed by atoms with Gasteiger partial charge in [-0.3, -0.25) is 14.5 Å². The molecule has 9 heteroatoms. The molecule has 0 aliphatic carbocycles. The van der Waals surface area contributed by atoms with Crippen LogP contribution in [-0.4, -0.2) is 77.7 Å². The van der Waals surface area contributed by atoms with Crippen molar-refractivity contribution < 1.29 is 33.7 Å². The SMILES string of the molecule is CCOc1cc([C@@H]2C(C(=O)c3ccco3)=C(O)C(=O)N2CCCN2CCOCC2)ccc1O. The molecule has 1 aromatic carbocycles. The topological polar surface area (TPSA) is 113 Å². The van der Waals surface area contributed by atoms with Gasteiger partial charge in [-0.25, -0.2) is 0 Å². The van der Waals surface area contributed by atoms with Gasteiger partial charge in [0.25, 0.3) is 5.91 Å². The zero-order valence-electron chi connectivity index (χ0n) is 18.5. The van der Waals surface area contributed by atoms with E-state index in [0.717, 1.165) is 19.6 Å². The first kappa shape index (κ1) is 22.9. The lowest BCUT2D eigenvalue weighted by Gasteiger charge is -2.30. The van der Waals surface area contributed by atoms with Crippen molar-refractivity contribution in [3.05, 3.63) is 59.3 Å². The monoisotopic (exact) mass is 456 g/mol. The van der Waals surface area contributed by atoms with E-state index in [2.05, 4.69) is 4.90 Å². The molecule has 2 aromatic rings. The van der Waals surface area contributed by atoms with Crippen LogP contribution in [0.4, 0.5) is 0 Å². The summed E-state index contributed by atoms with van der Waals surface area (Å²) >= 11 is 0. The van der Waals surface area contributed by atoms with Crippen LogP contribution in [0.5, 0.6) is 11.5 Å². The van der Waals surface area contributed by atoms with Gasteiger partial charge in [0, 0.05) is 26.2 Å². The fraction of sp³-hybridized carbons (Fsp3) is 0.417. The fourth-order valence-corrected chi connectivity index (χ4v) is 4.26. The molecule has 33 heavy (non-hydrogen) atoms. The van der Waals surface area contributed by atoms with Gasteiger partial charge in [-0.1, -0.05) is 6.07 Å². The Labute approximate surface area is 191 Å². The Morgan fingerprint density at radius 3 is 2.67 bits per heavy atom. The number of ether oxygens (including phenoxy) is 2. The molecule has 1 atom stereocenters. The number of hydrogen-bond acceptors (Lipinski definition) is 8. The Balaban J connectivity index is 1.64. The molecule has 0 bridgehead atoms. The molecule has 2 aliphatic heterocycles. The van der Waals surface area contributed by atoms with Gasteiger partial charge in [0.2, 0.25) is 5.78 Å². The summed E-state index contributed by atoms with van der Waals surface area (Å²) in [6, 6.07) is 6.91. The molecule has 0 saturated carbocycles. The minimum atomic E-state index is -0.834. The van der Waals surface area contributed by atoms with E-state index in [1.807, 2.05) is 0 Å². The number of furan rings is 1. The van der Waals surface area contributed by atoms with E-state index in [0.29, 0.717) is 38.3 Å². The van der Waals surface area contributed by atoms with Crippen LogP contribution in [0.3, 0.4) is 0 Å². The van der Waals surface area contributed by atoms with Crippen molar-refractivity contribution in [1.29, 1.82) is 0 Å². The van der Waals surface area contributed by atoms with Crippen LogP contribution in [0.25, 0.3) is 0 Å². The molecule has 0 unspecified atom stereocenters. The smallest absolute Gasteiger partial charge is 0.290 e. The highest BCUT2D eigenvalue weighted by Crippen LogP contribution is 2.41. The molecule has 4 rings (SSSR count). The maximum Gasteiger partial charge on any atom is 0.290 e. The molecular formula is C24H28N2O7. The van der Waals surface area contributed by atoms with Crippen LogP contribution in [0.15, 0.2) is 52.3 Å². The molecule has 176 valence electrons. The van der Waals surface area contributed by atoms with Gasteiger partial charge in [0.05, 0.1) is 37.7 Å². The van der Waals surface area contributed by atoms with Crippen LogP contribution < -0.4 is 4.74 Å². The average molecular weight is 456 g/mol. The van der Waals surface area contributed by atoms with Crippen molar-refractivity contribution in [1.82, 2.24) is 9.80 Å². The van der Waals surface area contributed by atoms with Crippen molar-refractivity contribution >= 4 is 11.7 Å². The van der Waals surface area contributed by atoms with Crippen LogP contribution in [-0.2, 0) is 9.53 Å². The Morgan fingerprint density at radius 1 is 1.18 bits per heavy atom. The zero-order valence-corrected chi connectivity index (χ0v) is 18.5. The summed E-state index contributed by atoms with van der Waals surface area (Å²) in [5.74, 6) is -1.52. The number of ketones is 1. The number of nitrogens with zero attached hydrogens (tertiary/aromatic N) is 2. The largest absolute Gasteiger partial charge is 0.504 e. The van der Waals surface area contributed by atoms with E-state index < -0.39 is 23.5 Å². The third kappa shape index (κ3) is 4.74. The first-order chi connectivity index (χ1) is 16.0.